The van der Waals surface area contributed by atoms with Gasteiger partial charge >= 0.3 is 5.97 Å². The fourth-order valence-electron chi connectivity index (χ4n) is 5.78. The highest BCUT2D eigenvalue weighted by atomic mass is 16.7. The number of benzene rings is 2. The Bertz CT molecular complexity index is 1320. The van der Waals surface area contributed by atoms with Gasteiger partial charge < -0.3 is 24.1 Å². The van der Waals surface area contributed by atoms with E-state index in [1.807, 2.05) is 0 Å². The number of carbonyl (C=O) groups excluding carboxylic acids is 4. The van der Waals surface area contributed by atoms with Crippen molar-refractivity contribution in [3.05, 3.63) is 63.7 Å². The molecule has 2 unspecified atom stereocenters. The van der Waals surface area contributed by atoms with Crippen molar-refractivity contribution in [1.82, 2.24) is 0 Å². The molecule has 1 N–H and O–H groups in total. The summed E-state index contributed by atoms with van der Waals surface area (Å²) >= 11 is 0. The summed E-state index contributed by atoms with van der Waals surface area (Å²) in [6.45, 7) is 2.37. The molecule has 1 fully saturated rings. The maximum atomic E-state index is 13.6. The Hall–Kier alpha value is -3.40. The second-order valence-electron chi connectivity index (χ2n) is 9.94. The van der Waals surface area contributed by atoms with E-state index in [1.54, 1.807) is 37.3 Å². The number of hydrogen-bond donors (Lipinski definition) is 1. The first kappa shape index (κ1) is 25.3. The first-order chi connectivity index (χ1) is 17.6. The first-order valence-corrected chi connectivity index (χ1v) is 12.1. The Morgan fingerprint density at radius 1 is 1.03 bits per heavy atom. The zero-order valence-electron chi connectivity index (χ0n) is 20.9. The van der Waals surface area contributed by atoms with Crippen LogP contribution in [0, 0.1) is 5.92 Å². The molecular weight excluding hydrogens is 480 g/mol. The molecule has 194 valence electrons. The zero-order chi connectivity index (χ0) is 26.5. The molecule has 9 heteroatoms. The van der Waals surface area contributed by atoms with Crippen LogP contribution in [0.15, 0.2) is 30.3 Å². The number of fused-ring (bicyclic) bond motifs is 3. The SMILES string of the molecule is COC(=O)CC1(O)Cc2c(cc3c(c2OC)C(=O)c2ccccc2C3=O)CC1C(=O)CC1(C)OCCO1. The number of esters is 1. The van der Waals surface area contributed by atoms with Gasteiger partial charge in [0.1, 0.15) is 11.5 Å². The molecule has 3 aliphatic rings. The van der Waals surface area contributed by atoms with Crippen molar-refractivity contribution in [2.45, 2.75) is 44.0 Å². The van der Waals surface area contributed by atoms with E-state index >= 15 is 0 Å². The summed E-state index contributed by atoms with van der Waals surface area (Å²) < 4.78 is 21.7. The molecule has 2 aromatic rings. The second-order valence-corrected chi connectivity index (χ2v) is 9.94. The van der Waals surface area contributed by atoms with Gasteiger partial charge in [0.05, 0.1) is 57.4 Å². The molecule has 0 spiro atoms. The van der Waals surface area contributed by atoms with E-state index < -0.39 is 29.7 Å². The van der Waals surface area contributed by atoms with E-state index in [1.165, 1.54) is 14.2 Å². The zero-order valence-corrected chi connectivity index (χ0v) is 20.9. The Morgan fingerprint density at radius 2 is 1.68 bits per heavy atom. The minimum Gasteiger partial charge on any atom is -0.496 e. The fraction of sp³-hybridized carbons (Fsp3) is 0.429. The Morgan fingerprint density at radius 3 is 2.30 bits per heavy atom. The van der Waals surface area contributed by atoms with Crippen LogP contribution >= 0.6 is 0 Å². The fourth-order valence-corrected chi connectivity index (χ4v) is 5.78. The molecule has 0 radical (unpaired) electrons. The predicted molar refractivity (Wildman–Crippen MR) is 129 cm³/mol. The number of aliphatic hydroxyl groups is 1. The quantitative estimate of drug-likeness (QED) is 0.499. The Balaban J connectivity index is 1.62. The number of Topliss-reactive ketones (excluding diaryl/α,β-unsaturated/α-hetero) is 1. The van der Waals surface area contributed by atoms with Crippen molar-refractivity contribution in [2.75, 3.05) is 27.4 Å². The summed E-state index contributed by atoms with van der Waals surface area (Å²) in [6.07, 6.45) is -0.673. The number of rotatable bonds is 6. The van der Waals surface area contributed by atoms with Gasteiger partial charge in [0.15, 0.2) is 17.4 Å². The highest BCUT2D eigenvalue weighted by Crippen LogP contribution is 2.46. The van der Waals surface area contributed by atoms with E-state index in [9.17, 15) is 24.3 Å². The summed E-state index contributed by atoms with van der Waals surface area (Å²) in [5, 5.41) is 11.8. The van der Waals surface area contributed by atoms with E-state index in [-0.39, 0.29) is 59.1 Å². The summed E-state index contributed by atoms with van der Waals surface area (Å²) in [5.74, 6) is -3.65. The molecule has 1 aliphatic heterocycles. The molecule has 2 aliphatic carbocycles. The van der Waals surface area contributed by atoms with Gasteiger partial charge in [0.25, 0.3) is 0 Å². The van der Waals surface area contributed by atoms with Crippen LogP contribution in [-0.2, 0) is 36.6 Å². The monoisotopic (exact) mass is 508 g/mol. The average molecular weight is 509 g/mol. The molecule has 1 heterocycles. The number of hydrogen-bond acceptors (Lipinski definition) is 9. The van der Waals surface area contributed by atoms with Gasteiger partial charge in [0.2, 0.25) is 0 Å². The number of methoxy groups -OCH3 is 2. The van der Waals surface area contributed by atoms with Crippen LogP contribution in [-0.4, -0.2) is 67.2 Å². The summed E-state index contributed by atoms with van der Waals surface area (Å²) in [6, 6.07) is 8.19. The topological polar surface area (TPSA) is 125 Å². The van der Waals surface area contributed by atoms with E-state index in [2.05, 4.69) is 0 Å². The van der Waals surface area contributed by atoms with Crippen molar-refractivity contribution in [2.24, 2.45) is 5.92 Å². The van der Waals surface area contributed by atoms with E-state index in [4.69, 9.17) is 18.9 Å². The molecular formula is C28H28O9. The van der Waals surface area contributed by atoms with Crippen molar-refractivity contribution < 1.29 is 43.2 Å². The molecule has 9 nitrogen and oxygen atoms in total. The maximum absolute atomic E-state index is 13.6. The Labute approximate surface area is 213 Å². The molecule has 2 aromatic carbocycles. The Kier molecular flexibility index (Phi) is 6.26. The number of carbonyl (C=O) groups is 4. The lowest BCUT2D eigenvalue weighted by Gasteiger charge is -2.41. The molecule has 0 saturated carbocycles. The molecule has 1 saturated heterocycles. The van der Waals surface area contributed by atoms with E-state index in [0.717, 1.165) is 0 Å². The first-order valence-electron chi connectivity index (χ1n) is 12.1. The van der Waals surface area contributed by atoms with Crippen LogP contribution in [0.2, 0.25) is 0 Å². The van der Waals surface area contributed by atoms with Gasteiger partial charge in [-0.2, -0.15) is 0 Å². The molecule has 2 atom stereocenters. The summed E-state index contributed by atoms with van der Waals surface area (Å²) in [7, 11) is 2.60. The minimum absolute atomic E-state index is 0.0322. The number of ketones is 3. The largest absolute Gasteiger partial charge is 0.496 e. The highest BCUT2D eigenvalue weighted by molar-refractivity contribution is 6.29. The van der Waals surface area contributed by atoms with E-state index in [0.29, 0.717) is 29.9 Å². The number of ether oxygens (including phenoxy) is 4. The van der Waals surface area contributed by atoms with Crippen LogP contribution in [0.5, 0.6) is 5.75 Å². The van der Waals surface area contributed by atoms with Gasteiger partial charge in [-0.05, 0) is 25.0 Å². The van der Waals surface area contributed by atoms with Crippen LogP contribution in [0.25, 0.3) is 0 Å². The minimum atomic E-state index is -1.81. The predicted octanol–water partition coefficient (Wildman–Crippen LogP) is 2.20. The molecule has 5 rings (SSSR count). The van der Waals surface area contributed by atoms with Crippen molar-refractivity contribution in [1.29, 1.82) is 0 Å². The van der Waals surface area contributed by atoms with Gasteiger partial charge in [-0.1, -0.05) is 24.3 Å². The average Bonchev–Trinajstić information content (AvgIpc) is 3.31. The van der Waals surface area contributed by atoms with Gasteiger partial charge in [-0.25, -0.2) is 0 Å². The third kappa shape index (κ3) is 4.17. The lowest BCUT2D eigenvalue weighted by Crippen LogP contribution is -2.51. The summed E-state index contributed by atoms with van der Waals surface area (Å²) in [4.78, 5) is 52.7. The van der Waals surface area contributed by atoms with Crippen LogP contribution in [0.4, 0.5) is 0 Å². The molecule has 37 heavy (non-hydrogen) atoms. The molecule has 0 bridgehead atoms. The lowest BCUT2D eigenvalue weighted by molar-refractivity contribution is -0.168. The summed E-state index contributed by atoms with van der Waals surface area (Å²) in [5.41, 5.74) is 0.161. The molecule has 0 aromatic heterocycles. The van der Waals surface area contributed by atoms with Gasteiger partial charge in [-0.3, -0.25) is 19.2 Å². The maximum Gasteiger partial charge on any atom is 0.308 e. The third-order valence-electron chi connectivity index (χ3n) is 7.58. The van der Waals surface area contributed by atoms with Crippen molar-refractivity contribution in [3.8, 4) is 5.75 Å². The van der Waals surface area contributed by atoms with Crippen LogP contribution in [0.3, 0.4) is 0 Å². The molecule has 0 amide bonds. The van der Waals surface area contributed by atoms with Gasteiger partial charge in [0, 0.05) is 28.7 Å². The smallest absolute Gasteiger partial charge is 0.308 e. The lowest BCUT2D eigenvalue weighted by atomic mass is 9.66. The normalized spacial score (nSPS) is 23.6. The van der Waals surface area contributed by atoms with Gasteiger partial charge in [-0.15, -0.1) is 0 Å². The van der Waals surface area contributed by atoms with Crippen molar-refractivity contribution in [3.63, 3.8) is 0 Å². The van der Waals surface area contributed by atoms with Crippen LogP contribution in [0.1, 0.15) is 62.7 Å². The highest BCUT2D eigenvalue weighted by Gasteiger charge is 2.50. The van der Waals surface area contributed by atoms with Crippen molar-refractivity contribution >= 4 is 23.3 Å². The third-order valence-corrected chi connectivity index (χ3v) is 7.58. The standard InChI is InChI=1S/C28H28O9/c1-27(36-8-9-37-27)13-21(29)20-11-15-10-18-23(25(32)17-7-5-4-6-16(17)24(18)31)26(35-3)19(15)12-28(20,33)14-22(30)34-2/h4-7,10,20,33H,8-9,11-14H2,1-3H3. The second kappa shape index (κ2) is 9.16. The van der Waals surface area contributed by atoms with Crippen LogP contribution < -0.4 is 4.74 Å².